The van der Waals surface area contributed by atoms with Gasteiger partial charge in [-0.25, -0.2) is 0 Å². The number of anilines is 3. The highest BCUT2D eigenvalue weighted by Gasteiger charge is 2.21. The summed E-state index contributed by atoms with van der Waals surface area (Å²) in [7, 11) is 0. The number of fused-ring (bicyclic) bond motifs is 6. The molecule has 0 spiro atoms. The second-order valence-electron chi connectivity index (χ2n) is 13.0. The molecule has 0 aliphatic heterocycles. The van der Waals surface area contributed by atoms with Crippen molar-refractivity contribution in [1.82, 2.24) is 0 Å². The largest absolute Gasteiger partial charge is 0.455 e. The van der Waals surface area contributed by atoms with Gasteiger partial charge in [0.1, 0.15) is 11.2 Å². The van der Waals surface area contributed by atoms with Gasteiger partial charge in [0, 0.05) is 33.1 Å². The van der Waals surface area contributed by atoms with E-state index in [0.29, 0.717) is 16.9 Å². The van der Waals surface area contributed by atoms with Crippen LogP contribution in [0, 0.1) is 0 Å². The Kier molecular flexibility index (Phi) is 6.22. The predicted octanol–water partition coefficient (Wildman–Crippen LogP) is 14.4. The summed E-state index contributed by atoms with van der Waals surface area (Å²) >= 11 is 0. The third-order valence-electron chi connectivity index (χ3n) is 9.93. The first-order valence-electron chi connectivity index (χ1n) is 19.4. The molecule has 10 aromatic rings. The van der Waals surface area contributed by atoms with Gasteiger partial charge in [-0.2, -0.15) is 0 Å². The number of rotatable bonds is 6. The van der Waals surface area contributed by atoms with E-state index in [-0.39, 0.29) is 35.4 Å². The quantitative estimate of drug-likeness (QED) is 0.175. The molecule has 0 bridgehead atoms. The lowest BCUT2D eigenvalue weighted by atomic mass is 9.94. The number of hydrogen-bond donors (Lipinski definition) is 0. The Balaban J connectivity index is 1.22. The first-order valence-corrected chi connectivity index (χ1v) is 17.4. The maximum atomic E-state index is 9.53. The Morgan fingerprint density at radius 1 is 0.404 bits per heavy atom. The normalized spacial score (nSPS) is 12.5. The van der Waals surface area contributed by atoms with E-state index in [2.05, 4.69) is 78.9 Å². The molecular weight excluding hydrogens is 631 g/mol. The van der Waals surface area contributed by atoms with Crippen LogP contribution >= 0.6 is 0 Å². The van der Waals surface area contributed by atoms with Gasteiger partial charge in [0.2, 0.25) is 0 Å². The standard InChI is InChI=1S/C50H33NO/c1-2-11-34(12-3-1)36-23-28-41(29-24-36)51(42-30-25-37(26-31-42)40-22-21-35-13-4-5-14-39(35)33-40)47-19-8-6-16-43(47)45-18-10-15-38-27-32-46-44-17-7-9-20-48(44)52-50(46)49(38)45/h1-33H/i23D,24D,28D,29D. The Labute approximate surface area is 308 Å². The van der Waals surface area contributed by atoms with Crippen molar-refractivity contribution < 1.29 is 9.90 Å². The molecule has 0 saturated heterocycles. The first-order chi connectivity index (χ1) is 27.5. The molecule has 10 rings (SSSR count). The molecule has 2 heteroatoms. The lowest BCUT2D eigenvalue weighted by Gasteiger charge is -2.28. The minimum Gasteiger partial charge on any atom is -0.455 e. The molecule has 0 fully saturated rings. The van der Waals surface area contributed by atoms with E-state index < -0.39 is 0 Å². The number of furan rings is 1. The molecule has 0 N–H and O–H groups in total. The van der Waals surface area contributed by atoms with Crippen LogP contribution < -0.4 is 4.90 Å². The van der Waals surface area contributed by atoms with Crippen LogP contribution in [0.25, 0.3) is 76.9 Å². The van der Waals surface area contributed by atoms with Crippen LogP contribution in [0.4, 0.5) is 17.1 Å². The Bertz CT molecular complexity index is 3110. The van der Waals surface area contributed by atoms with Gasteiger partial charge < -0.3 is 9.32 Å². The van der Waals surface area contributed by atoms with E-state index in [4.69, 9.17) is 4.42 Å². The third kappa shape index (κ3) is 5.12. The lowest BCUT2D eigenvalue weighted by Crippen LogP contribution is -2.11. The summed E-state index contributed by atoms with van der Waals surface area (Å²) in [5, 5.41) is 6.37. The van der Waals surface area contributed by atoms with Crippen molar-refractivity contribution in [3.63, 3.8) is 0 Å². The Morgan fingerprint density at radius 2 is 1.06 bits per heavy atom. The van der Waals surface area contributed by atoms with Crippen LogP contribution in [0.2, 0.25) is 0 Å². The average molecular weight is 668 g/mol. The van der Waals surface area contributed by atoms with Gasteiger partial charge in [-0.3, -0.25) is 0 Å². The maximum Gasteiger partial charge on any atom is 0.143 e. The van der Waals surface area contributed by atoms with Crippen LogP contribution in [-0.2, 0) is 0 Å². The molecule has 1 aromatic heterocycles. The smallest absolute Gasteiger partial charge is 0.143 e. The fourth-order valence-electron chi connectivity index (χ4n) is 7.40. The van der Waals surface area contributed by atoms with E-state index in [1.54, 1.807) is 0 Å². The molecule has 0 aliphatic carbocycles. The molecule has 52 heavy (non-hydrogen) atoms. The summed E-state index contributed by atoms with van der Waals surface area (Å²) in [6.45, 7) is 0. The SMILES string of the molecule is [2H]c1c([2H])c(N(c2ccc(-c3ccc4ccccc4c3)cc2)c2ccccc2-c2cccc3ccc4c5ccccc5oc4c23)c([2H])c([2H])c1-c1ccccc1. The van der Waals surface area contributed by atoms with Crippen molar-refractivity contribution in [3.8, 4) is 33.4 Å². The molecule has 2 nitrogen and oxygen atoms in total. The first kappa shape index (κ1) is 26.0. The summed E-state index contributed by atoms with van der Waals surface area (Å²) in [6, 6.07) is 58.1. The summed E-state index contributed by atoms with van der Waals surface area (Å²) in [5.41, 5.74) is 7.95. The van der Waals surface area contributed by atoms with E-state index >= 15 is 0 Å². The molecule has 9 aromatic carbocycles. The molecule has 0 unspecified atom stereocenters. The van der Waals surface area contributed by atoms with Crippen LogP contribution in [-0.4, -0.2) is 0 Å². The van der Waals surface area contributed by atoms with Gasteiger partial charge in [-0.15, -0.1) is 0 Å². The van der Waals surface area contributed by atoms with Crippen LogP contribution in [0.1, 0.15) is 5.48 Å². The van der Waals surface area contributed by atoms with Crippen molar-refractivity contribution in [3.05, 3.63) is 200 Å². The number of hydrogen-bond acceptors (Lipinski definition) is 2. The molecule has 0 atom stereocenters. The van der Waals surface area contributed by atoms with E-state index in [1.165, 1.54) is 5.39 Å². The molecular formula is C50H33NO. The highest BCUT2D eigenvalue weighted by atomic mass is 16.3. The van der Waals surface area contributed by atoms with Gasteiger partial charge in [0.05, 0.1) is 11.2 Å². The van der Waals surface area contributed by atoms with Crippen LogP contribution in [0.3, 0.4) is 0 Å². The fraction of sp³-hybridized carbons (Fsp3) is 0. The van der Waals surface area contributed by atoms with Gasteiger partial charge in [-0.05, 0) is 92.5 Å². The Hall–Kier alpha value is -6.90. The molecule has 244 valence electrons. The van der Waals surface area contributed by atoms with E-state index in [0.717, 1.165) is 60.4 Å². The number of para-hydroxylation sites is 2. The highest BCUT2D eigenvalue weighted by Crippen LogP contribution is 2.45. The highest BCUT2D eigenvalue weighted by molar-refractivity contribution is 6.19. The maximum absolute atomic E-state index is 9.53. The van der Waals surface area contributed by atoms with Crippen molar-refractivity contribution in [2.75, 3.05) is 4.90 Å². The minimum atomic E-state index is -0.129. The summed E-state index contributed by atoms with van der Waals surface area (Å²) < 4.78 is 44.2. The monoisotopic (exact) mass is 667 g/mol. The molecule has 0 saturated carbocycles. The summed E-state index contributed by atoms with van der Waals surface area (Å²) in [6.07, 6.45) is 0. The summed E-state index contributed by atoms with van der Waals surface area (Å²) in [5.74, 6) is 0. The van der Waals surface area contributed by atoms with Gasteiger partial charge >= 0.3 is 0 Å². The van der Waals surface area contributed by atoms with Gasteiger partial charge in [0.25, 0.3) is 0 Å². The van der Waals surface area contributed by atoms with Gasteiger partial charge in [0.15, 0.2) is 0 Å². The summed E-state index contributed by atoms with van der Waals surface area (Å²) in [4.78, 5) is 1.88. The fourth-order valence-corrected chi connectivity index (χ4v) is 7.40. The van der Waals surface area contributed by atoms with Crippen molar-refractivity contribution >= 4 is 60.5 Å². The van der Waals surface area contributed by atoms with Gasteiger partial charge in [-0.1, -0.05) is 152 Å². The van der Waals surface area contributed by atoms with Crippen LogP contribution in [0.15, 0.2) is 205 Å². The van der Waals surface area contributed by atoms with Crippen molar-refractivity contribution in [2.45, 2.75) is 0 Å². The molecule has 1 heterocycles. The second kappa shape index (κ2) is 12.5. The van der Waals surface area contributed by atoms with E-state index in [1.807, 2.05) is 102 Å². The van der Waals surface area contributed by atoms with Crippen molar-refractivity contribution in [1.29, 1.82) is 0 Å². The molecule has 0 radical (unpaired) electrons. The minimum absolute atomic E-state index is 0.100. The zero-order valence-electron chi connectivity index (χ0n) is 32.1. The molecule has 0 amide bonds. The third-order valence-corrected chi connectivity index (χ3v) is 9.93. The number of nitrogens with zero attached hydrogens (tertiary/aromatic N) is 1. The average Bonchev–Trinajstić information content (AvgIpc) is 3.64. The second-order valence-corrected chi connectivity index (χ2v) is 13.0. The van der Waals surface area contributed by atoms with E-state index in [9.17, 15) is 5.48 Å². The zero-order valence-corrected chi connectivity index (χ0v) is 28.1. The lowest BCUT2D eigenvalue weighted by molar-refractivity contribution is 0.673. The molecule has 0 aliphatic rings. The Morgan fingerprint density at radius 3 is 1.92 bits per heavy atom. The number of benzene rings is 9. The topological polar surface area (TPSA) is 16.4 Å². The van der Waals surface area contributed by atoms with Crippen molar-refractivity contribution in [2.24, 2.45) is 0 Å². The van der Waals surface area contributed by atoms with Crippen LogP contribution in [0.5, 0.6) is 0 Å². The zero-order chi connectivity index (χ0) is 37.9. The predicted molar refractivity (Wildman–Crippen MR) is 220 cm³/mol.